The zero-order valence-electron chi connectivity index (χ0n) is 13.1. The second kappa shape index (κ2) is 8.66. The first-order valence-electron chi connectivity index (χ1n) is 7.49. The molecule has 1 N–H and O–H groups in total. The number of hydrogen-bond donors (Lipinski definition) is 1. The SMILES string of the molecule is CCOCCOc1ccccc1CNc1ccc(C)c(Cl)c1. The van der Waals surface area contributed by atoms with E-state index in [1.54, 1.807) is 0 Å². The predicted octanol–water partition coefficient (Wildman–Crippen LogP) is 4.68. The maximum Gasteiger partial charge on any atom is 0.124 e. The molecule has 0 fully saturated rings. The van der Waals surface area contributed by atoms with Crippen molar-refractivity contribution >= 4 is 17.3 Å². The Hall–Kier alpha value is -1.71. The minimum Gasteiger partial charge on any atom is -0.491 e. The number of aryl methyl sites for hydroxylation is 1. The molecule has 0 aliphatic heterocycles. The second-order valence-corrected chi connectivity index (χ2v) is 5.38. The number of anilines is 1. The molecule has 0 amide bonds. The predicted molar refractivity (Wildman–Crippen MR) is 91.9 cm³/mol. The summed E-state index contributed by atoms with van der Waals surface area (Å²) < 4.78 is 11.1. The first-order valence-corrected chi connectivity index (χ1v) is 7.87. The van der Waals surface area contributed by atoms with Gasteiger partial charge in [0.25, 0.3) is 0 Å². The van der Waals surface area contributed by atoms with Gasteiger partial charge in [0.1, 0.15) is 12.4 Å². The van der Waals surface area contributed by atoms with E-state index in [4.69, 9.17) is 21.1 Å². The molecule has 0 aromatic heterocycles. The van der Waals surface area contributed by atoms with Crippen molar-refractivity contribution < 1.29 is 9.47 Å². The highest BCUT2D eigenvalue weighted by molar-refractivity contribution is 6.31. The van der Waals surface area contributed by atoms with E-state index >= 15 is 0 Å². The fraction of sp³-hybridized carbons (Fsp3) is 0.333. The first kappa shape index (κ1) is 16.7. The van der Waals surface area contributed by atoms with Crippen LogP contribution in [0.2, 0.25) is 5.02 Å². The highest BCUT2D eigenvalue weighted by atomic mass is 35.5. The van der Waals surface area contributed by atoms with E-state index in [9.17, 15) is 0 Å². The zero-order valence-corrected chi connectivity index (χ0v) is 13.8. The fourth-order valence-corrected chi connectivity index (χ4v) is 2.23. The molecule has 3 nitrogen and oxygen atoms in total. The van der Waals surface area contributed by atoms with Crippen LogP contribution in [0.15, 0.2) is 42.5 Å². The summed E-state index contributed by atoms with van der Waals surface area (Å²) in [6, 6.07) is 14.0. The van der Waals surface area contributed by atoms with E-state index in [1.807, 2.05) is 50.2 Å². The van der Waals surface area contributed by atoms with Gasteiger partial charge in [0, 0.05) is 29.4 Å². The largest absolute Gasteiger partial charge is 0.491 e. The Balaban J connectivity index is 1.95. The fourth-order valence-electron chi connectivity index (χ4n) is 2.05. The van der Waals surface area contributed by atoms with Crippen LogP contribution in [0.25, 0.3) is 0 Å². The maximum atomic E-state index is 6.15. The Labute approximate surface area is 137 Å². The topological polar surface area (TPSA) is 30.5 Å². The van der Waals surface area contributed by atoms with Crippen LogP contribution in [0.5, 0.6) is 5.75 Å². The number of benzene rings is 2. The van der Waals surface area contributed by atoms with Crippen molar-refractivity contribution in [3.63, 3.8) is 0 Å². The molecule has 0 atom stereocenters. The molecular formula is C18H22ClNO2. The summed E-state index contributed by atoms with van der Waals surface area (Å²) in [5, 5.41) is 4.14. The Morgan fingerprint density at radius 3 is 2.68 bits per heavy atom. The number of para-hydroxylation sites is 1. The van der Waals surface area contributed by atoms with Crippen LogP contribution in [0, 0.1) is 6.92 Å². The number of ether oxygens (including phenoxy) is 2. The maximum absolute atomic E-state index is 6.15. The lowest BCUT2D eigenvalue weighted by molar-refractivity contribution is 0.110. The third-order valence-corrected chi connectivity index (χ3v) is 3.72. The second-order valence-electron chi connectivity index (χ2n) is 4.97. The summed E-state index contributed by atoms with van der Waals surface area (Å²) in [4.78, 5) is 0. The molecular weight excluding hydrogens is 298 g/mol. The van der Waals surface area contributed by atoms with Gasteiger partial charge in [-0.1, -0.05) is 35.9 Å². The van der Waals surface area contributed by atoms with Crippen LogP contribution in [-0.2, 0) is 11.3 Å². The van der Waals surface area contributed by atoms with Gasteiger partial charge in [0.15, 0.2) is 0 Å². The number of rotatable bonds is 8. The quantitative estimate of drug-likeness (QED) is 0.717. The lowest BCUT2D eigenvalue weighted by Gasteiger charge is -2.13. The average molecular weight is 320 g/mol. The van der Waals surface area contributed by atoms with E-state index in [2.05, 4.69) is 11.4 Å². The lowest BCUT2D eigenvalue weighted by atomic mass is 10.2. The molecule has 0 aliphatic rings. The molecule has 0 bridgehead atoms. The van der Waals surface area contributed by atoms with E-state index < -0.39 is 0 Å². The van der Waals surface area contributed by atoms with Gasteiger partial charge in [0.2, 0.25) is 0 Å². The van der Waals surface area contributed by atoms with Crippen LogP contribution in [0.4, 0.5) is 5.69 Å². The molecule has 22 heavy (non-hydrogen) atoms. The van der Waals surface area contributed by atoms with Gasteiger partial charge in [-0.05, 0) is 37.6 Å². The number of hydrogen-bond acceptors (Lipinski definition) is 3. The molecule has 4 heteroatoms. The molecule has 2 aromatic carbocycles. The molecule has 0 radical (unpaired) electrons. The standard InChI is InChI=1S/C18H22ClNO2/c1-3-21-10-11-22-18-7-5-4-6-15(18)13-20-16-9-8-14(2)17(19)12-16/h4-9,12,20H,3,10-11,13H2,1-2H3. The van der Waals surface area contributed by atoms with Gasteiger partial charge >= 0.3 is 0 Å². The molecule has 0 unspecified atom stereocenters. The normalized spacial score (nSPS) is 10.5. The highest BCUT2D eigenvalue weighted by Gasteiger charge is 2.04. The van der Waals surface area contributed by atoms with Gasteiger partial charge < -0.3 is 14.8 Å². The molecule has 0 saturated carbocycles. The smallest absolute Gasteiger partial charge is 0.124 e. The molecule has 0 spiro atoms. The van der Waals surface area contributed by atoms with E-state index in [0.717, 1.165) is 27.6 Å². The molecule has 2 aromatic rings. The van der Waals surface area contributed by atoms with Crippen LogP contribution in [-0.4, -0.2) is 19.8 Å². The zero-order chi connectivity index (χ0) is 15.8. The number of nitrogens with one attached hydrogen (secondary N) is 1. The Morgan fingerprint density at radius 2 is 1.91 bits per heavy atom. The van der Waals surface area contributed by atoms with Gasteiger partial charge in [-0.2, -0.15) is 0 Å². The minimum atomic E-state index is 0.557. The van der Waals surface area contributed by atoms with E-state index in [0.29, 0.717) is 26.4 Å². The highest BCUT2D eigenvalue weighted by Crippen LogP contribution is 2.23. The Morgan fingerprint density at radius 1 is 1.09 bits per heavy atom. The Bertz CT molecular complexity index is 601. The summed E-state index contributed by atoms with van der Waals surface area (Å²) in [5.74, 6) is 0.882. The van der Waals surface area contributed by atoms with Crippen LogP contribution >= 0.6 is 11.6 Å². The summed E-state index contributed by atoms with van der Waals surface area (Å²) in [7, 11) is 0. The van der Waals surface area contributed by atoms with Crippen molar-refractivity contribution in [2.75, 3.05) is 25.1 Å². The van der Waals surface area contributed by atoms with Gasteiger partial charge in [-0.3, -0.25) is 0 Å². The van der Waals surface area contributed by atoms with Crippen LogP contribution in [0.1, 0.15) is 18.1 Å². The minimum absolute atomic E-state index is 0.557. The van der Waals surface area contributed by atoms with E-state index in [1.165, 1.54) is 0 Å². The molecule has 0 aliphatic carbocycles. The molecule has 2 rings (SSSR count). The Kier molecular flexibility index (Phi) is 6.56. The average Bonchev–Trinajstić information content (AvgIpc) is 2.53. The van der Waals surface area contributed by atoms with Crippen molar-refractivity contribution in [1.82, 2.24) is 0 Å². The third-order valence-electron chi connectivity index (χ3n) is 3.32. The van der Waals surface area contributed by atoms with Gasteiger partial charge in [0.05, 0.1) is 6.61 Å². The summed E-state index contributed by atoms with van der Waals surface area (Å²) in [6.45, 7) is 6.52. The summed E-state index contributed by atoms with van der Waals surface area (Å²) >= 11 is 6.15. The third kappa shape index (κ3) is 4.93. The monoisotopic (exact) mass is 319 g/mol. The molecule has 0 saturated heterocycles. The molecule has 0 heterocycles. The number of halogens is 1. The van der Waals surface area contributed by atoms with Crippen molar-refractivity contribution in [3.05, 3.63) is 58.6 Å². The van der Waals surface area contributed by atoms with Crippen molar-refractivity contribution in [1.29, 1.82) is 0 Å². The van der Waals surface area contributed by atoms with Gasteiger partial charge in [-0.15, -0.1) is 0 Å². The van der Waals surface area contributed by atoms with Crippen molar-refractivity contribution in [3.8, 4) is 5.75 Å². The van der Waals surface area contributed by atoms with Gasteiger partial charge in [-0.25, -0.2) is 0 Å². The van der Waals surface area contributed by atoms with Crippen molar-refractivity contribution in [2.24, 2.45) is 0 Å². The first-order chi connectivity index (χ1) is 10.7. The summed E-state index contributed by atoms with van der Waals surface area (Å²) in [6.07, 6.45) is 0. The van der Waals surface area contributed by atoms with Crippen molar-refractivity contribution in [2.45, 2.75) is 20.4 Å². The van der Waals surface area contributed by atoms with Crippen LogP contribution < -0.4 is 10.1 Å². The summed E-state index contributed by atoms with van der Waals surface area (Å²) in [5.41, 5.74) is 3.18. The lowest BCUT2D eigenvalue weighted by Crippen LogP contribution is -2.09. The van der Waals surface area contributed by atoms with Crippen LogP contribution in [0.3, 0.4) is 0 Å². The van der Waals surface area contributed by atoms with E-state index in [-0.39, 0.29) is 0 Å². The molecule has 118 valence electrons.